The second-order valence-electron chi connectivity index (χ2n) is 3.29. The van der Waals surface area contributed by atoms with Crippen molar-refractivity contribution in [2.75, 3.05) is 0 Å². The number of hydrogen-bond acceptors (Lipinski definition) is 1. The van der Waals surface area contributed by atoms with Crippen molar-refractivity contribution in [1.82, 2.24) is 9.61 Å². The van der Waals surface area contributed by atoms with Gasteiger partial charge in [-0.1, -0.05) is 33.8 Å². The smallest absolute Gasteiger partial charge is 0.0664 e. The first-order valence-corrected chi connectivity index (χ1v) is 5.21. The van der Waals surface area contributed by atoms with Crippen molar-refractivity contribution in [2.45, 2.75) is 33.6 Å². The van der Waals surface area contributed by atoms with Crippen LogP contribution in [0.1, 0.15) is 39.3 Å². The van der Waals surface area contributed by atoms with Crippen molar-refractivity contribution in [1.29, 1.82) is 0 Å². The highest BCUT2D eigenvalue weighted by Gasteiger charge is 2.03. The summed E-state index contributed by atoms with van der Waals surface area (Å²) < 4.78 is 1.91. The summed E-state index contributed by atoms with van der Waals surface area (Å²) >= 11 is 0. The molecular weight excluding hydrogens is 172 g/mol. The molecule has 0 unspecified atom stereocenters. The molecule has 0 saturated heterocycles. The minimum atomic E-state index is 0.505. The lowest BCUT2D eigenvalue weighted by molar-refractivity contribution is 0.788. The largest absolute Gasteiger partial charge is 0.241 e. The van der Waals surface area contributed by atoms with Crippen molar-refractivity contribution in [2.24, 2.45) is 0 Å². The Kier molecular flexibility index (Phi) is 3.69. The normalized spacial score (nSPS) is 10.1. The summed E-state index contributed by atoms with van der Waals surface area (Å²) in [6.45, 7) is 8.31. The molecule has 0 aliphatic heterocycles. The van der Waals surface area contributed by atoms with Crippen LogP contribution in [0.15, 0.2) is 30.5 Å². The molecular formula is C12H18N2. The molecule has 0 amide bonds. The molecule has 0 atom stereocenters. The van der Waals surface area contributed by atoms with Gasteiger partial charge in [-0.2, -0.15) is 5.10 Å². The van der Waals surface area contributed by atoms with Crippen molar-refractivity contribution < 1.29 is 0 Å². The molecule has 0 saturated carbocycles. The zero-order valence-electron chi connectivity index (χ0n) is 9.36. The fourth-order valence-corrected chi connectivity index (χ4v) is 1.24. The third-order valence-corrected chi connectivity index (χ3v) is 1.98. The summed E-state index contributed by atoms with van der Waals surface area (Å²) in [6, 6.07) is 8.22. The van der Waals surface area contributed by atoms with Crippen LogP contribution >= 0.6 is 0 Å². The Morgan fingerprint density at radius 1 is 1.21 bits per heavy atom. The Balaban J connectivity index is 0.000000461. The average molecular weight is 190 g/mol. The van der Waals surface area contributed by atoms with E-state index in [1.807, 2.05) is 36.7 Å². The first kappa shape index (κ1) is 10.8. The highest BCUT2D eigenvalue weighted by atomic mass is 15.2. The van der Waals surface area contributed by atoms with Gasteiger partial charge in [0, 0.05) is 6.20 Å². The van der Waals surface area contributed by atoms with Gasteiger partial charge in [0.15, 0.2) is 0 Å². The summed E-state index contributed by atoms with van der Waals surface area (Å²) in [6.07, 6.45) is 1.97. The molecule has 2 aromatic rings. The van der Waals surface area contributed by atoms with Gasteiger partial charge in [0.05, 0.1) is 11.2 Å². The van der Waals surface area contributed by atoms with E-state index in [0.717, 1.165) is 5.69 Å². The van der Waals surface area contributed by atoms with Gasteiger partial charge in [0.25, 0.3) is 0 Å². The quantitative estimate of drug-likeness (QED) is 0.673. The second-order valence-corrected chi connectivity index (χ2v) is 3.29. The summed E-state index contributed by atoms with van der Waals surface area (Å²) in [5.41, 5.74) is 2.32. The topological polar surface area (TPSA) is 17.3 Å². The van der Waals surface area contributed by atoms with E-state index in [9.17, 15) is 0 Å². The maximum absolute atomic E-state index is 4.43. The zero-order chi connectivity index (χ0) is 10.6. The number of hydrogen-bond donors (Lipinski definition) is 0. The van der Waals surface area contributed by atoms with E-state index in [0.29, 0.717) is 5.92 Å². The molecule has 2 heteroatoms. The van der Waals surface area contributed by atoms with Crippen LogP contribution < -0.4 is 0 Å². The Bertz CT molecular complexity index is 355. The molecule has 0 aliphatic rings. The maximum Gasteiger partial charge on any atom is 0.0664 e. The lowest BCUT2D eigenvalue weighted by Gasteiger charge is -1.94. The summed E-state index contributed by atoms with van der Waals surface area (Å²) in [7, 11) is 0. The number of aromatic nitrogens is 2. The van der Waals surface area contributed by atoms with Crippen molar-refractivity contribution in [3.8, 4) is 0 Å². The van der Waals surface area contributed by atoms with Gasteiger partial charge in [-0.3, -0.25) is 0 Å². The van der Waals surface area contributed by atoms with Crippen LogP contribution in [0.2, 0.25) is 0 Å². The Morgan fingerprint density at radius 2 is 1.93 bits per heavy atom. The standard InChI is InChI=1S/C10H12N2.C2H6/c1-8(2)10-7-9-5-3-4-6-12(9)11-10;1-2/h3-8H,1-2H3;1-2H3. The summed E-state index contributed by atoms with van der Waals surface area (Å²) in [5, 5.41) is 4.43. The van der Waals surface area contributed by atoms with Crippen molar-refractivity contribution in [3.63, 3.8) is 0 Å². The van der Waals surface area contributed by atoms with Gasteiger partial charge in [0.2, 0.25) is 0 Å². The average Bonchev–Trinajstić information content (AvgIpc) is 2.64. The molecule has 2 aromatic heterocycles. The van der Waals surface area contributed by atoms with E-state index in [1.165, 1.54) is 5.52 Å². The molecule has 14 heavy (non-hydrogen) atoms. The first-order chi connectivity index (χ1) is 6.77. The minimum absolute atomic E-state index is 0.505. The molecule has 2 rings (SSSR count). The number of fused-ring (bicyclic) bond motifs is 1. The van der Waals surface area contributed by atoms with Crippen molar-refractivity contribution >= 4 is 5.52 Å². The highest BCUT2D eigenvalue weighted by Crippen LogP contribution is 2.14. The number of nitrogens with zero attached hydrogens (tertiary/aromatic N) is 2. The second kappa shape index (κ2) is 4.80. The number of rotatable bonds is 1. The lowest BCUT2D eigenvalue weighted by atomic mass is 10.1. The van der Waals surface area contributed by atoms with Crippen LogP contribution in [0.5, 0.6) is 0 Å². The maximum atomic E-state index is 4.43. The summed E-state index contributed by atoms with van der Waals surface area (Å²) in [5.74, 6) is 0.505. The van der Waals surface area contributed by atoms with E-state index in [2.05, 4.69) is 31.1 Å². The number of pyridine rings is 1. The van der Waals surface area contributed by atoms with Crippen LogP contribution in [0.3, 0.4) is 0 Å². The van der Waals surface area contributed by atoms with Crippen LogP contribution in [0, 0.1) is 0 Å². The fourth-order valence-electron chi connectivity index (χ4n) is 1.24. The van der Waals surface area contributed by atoms with Gasteiger partial charge in [-0.05, 0) is 24.1 Å². The van der Waals surface area contributed by atoms with Crippen LogP contribution in [-0.2, 0) is 0 Å². The van der Waals surface area contributed by atoms with E-state index in [1.54, 1.807) is 0 Å². The molecule has 0 fully saturated rings. The Morgan fingerprint density at radius 3 is 2.50 bits per heavy atom. The fraction of sp³-hybridized carbons (Fsp3) is 0.417. The minimum Gasteiger partial charge on any atom is -0.241 e. The van der Waals surface area contributed by atoms with Crippen LogP contribution in [-0.4, -0.2) is 9.61 Å². The van der Waals surface area contributed by atoms with Crippen molar-refractivity contribution in [3.05, 3.63) is 36.2 Å². The monoisotopic (exact) mass is 190 g/mol. The highest BCUT2D eigenvalue weighted by molar-refractivity contribution is 5.47. The predicted octanol–water partition coefficient (Wildman–Crippen LogP) is 3.48. The van der Waals surface area contributed by atoms with Gasteiger partial charge >= 0.3 is 0 Å². The van der Waals surface area contributed by atoms with E-state index >= 15 is 0 Å². The zero-order valence-corrected chi connectivity index (χ0v) is 9.36. The summed E-state index contributed by atoms with van der Waals surface area (Å²) in [4.78, 5) is 0. The van der Waals surface area contributed by atoms with E-state index < -0.39 is 0 Å². The molecule has 2 nitrogen and oxygen atoms in total. The van der Waals surface area contributed by atoms with Gasteiger partial charge in [-0.15, -0.1) is 0 Å². The third kappa shape index (κ3) is 2.13. The van der Waals surface area contributed by atoms with Gasteiger partial charge in [0.1, 0.15) is 0 Å². The molecule has 0 aliphatic carbocycles. The Labute approximate surface area is 85.6 Å². The van der Waals surface area contributed by atoms with Crippen LogP contribution in [0.25, 0.3) is 5.52 Å². The van der Waals surface area contributed by atoms with E-state index in [-0.39, 0.29) is 0 Å². The Hall–Kier alpha value is -1.31. The van der Waals surface area contributed by atoms with E-state index in [4.69, 9.17) is 0 Å². The lowest BCUT2D eigenvalue weighted by Crippen LogP contribution is -1.89. The molecule has 0 spiro atoms. The van der Waals surface area contributed by atoms with Crippen LogP contribution in [0.4, 0.5) is 0 Å². The molecule has 76 valence electrons. The SMILES string of the molecule is CC.CC(C)c1cc2ccccn2n1. The molecule has 0 N–H and O–H groups in total. The first-order valence-electron chi connectivity index (χ1n) is 5.21. The molecule has 0 radical (unpaired) electrons. The van der Waals surface area contributed by atoms with Gasteiger partial charge < -0.3 is 0 Å². The third-order valence-electron chi connectivity index (χ3n) is 1.98. The predicted molar refractivity (Wildman–Crippen MR) is 60.6 cm³/mol. The molecule has 0 aromatic carbocycles. The molecule has 2 heterocycles. The van der Waals surface area contributed by atoms with Gasteiger partial charge in [-0.25, -0.2) is 4.52 Å². The molecule has 0 bridgehead atoms.